The minimum absolute atomic E-state index is 0.314. The molecule has 1 spiro atoms. The molecular formula is C34H34N2O3. The molecule has 2 aliphatic rings. The highest BCUT2D eigenvalue weighted by molar-refractivity contribution is 6.05. The Morgan fingerprint density at radius 1 is 0.897 bits per heavy atom. The first-order chi connectivity index (χ1) is 18.9. The van der Waals surface area contributed by atoms with Gasteiger partial charge in [0, 0.05) is 35.5 Å². The summed E-state index contributed by atoms with van der Waals surface area (Å²) < 4.78 is 13.0. The Hall–Kier alpha value is -4.25. The van der Waals surface area contributed by atoms with Crippen LogP contribution in [0.4, 0.5) is 17.1 Å². The smallest absolute Gasteiger partial charge is 0.342 e. The third-order valence-corrected chi connectivity index (χ3v) is 7.80. The molecule has 0 fully saturated rings. The number of fused-ring (bicyclic) bond motifs is 6. The van der Waals surface area contributed by atoms with Gasteiger partial charge in [0.2, 0.25) is 0 Å². The number of ether oxygens (including phenoxy) is 2. The van der Waals surface area contributed by atoms with Crippen LogP contribution in [0.1, 0.15) is 59.8 Å². The van der Waals surface area contributed by atoms with Gasteiger partial charge in [0.25, 0.3) is 0 Å². The molecule has 4 aromatic carbocycles. The van der Waals surface area contributed by atoms with E-state index in [1.54, 1.807) is 0 Å². The lowest BCUT2D eigenvalue weighted by atomic mass is 9.76. The van der Waals surface area contributed by atoms with Crippen LogP contribution in [0.25, 0.3) is 0 Å². The van der Waals surface area contributed by atoms with Gasteiger partial charge in [-0.3, -0.25) is 0 Å². The molecule has 0 bridgehead atoms. The Morgan fingerprint density at radius 2 is 1.51 bits per heavy atom. The van der Waals surface area contributed by atoms with Crippen molar-refractivity contribution in [3.8, 4) is 11.5 Å². The van der Waals surface area contributed by atoms with Crippen molar-refractivity contribution >= 4 is 23.0 Å². The number of esters is 1. The summed E-state index contributed by atoms with van der Waals surface area (Å²) in [5.74, 6) is 1.63. The summed E-state index contributed by atoms with van der Waals surface area (Å²) in [6.45, 7) is 10.4. The number of nitrogens with zero attached hydrogens (tertiary/aromatic N) is 1. The van der Waals surface area contributed by atoms with Crippen LogP contribution in [0.5, 0.6) is 11.5 Å². The molecule has 5 heteroatoms. The average molecular weight is 519 g/mol. The van der Waals surface area contributed by atoms with Gasteiger partial charge < -0.3 is 19.7 Å². The van der Waals surface area contributed by atoms with Gasteiger partial charge in [0.1, 0.15) is 11.5 Å². The molecule has 0 saturated heterocycles. The largest absolute Gasteiger partial charge is 0.456 e. The molecule has 0 radical (unpaired) electrons. The highest BCUT2D eigenvalue weighted by Gasteiger charge is 2.56. The van der Waals surface area contributed by atoms with Crippen molar-refractivity contribution < 1.29 is 14.3 Å². The number of carbonyl (C=O) groups excluding carboxylic acids is 1. The number of aryl methyl sites for hydroxylation is 1. The van der Waals surface area contributed by atoms with E-state index < -0.39 is 5.60 Å². The maximum Gasteiger partial charge on any atom is 0.342 e. The van der Waals surface area contributed by atoms with E-state index in [2.05, 4.69) is 44.0 Å². The Bertz CT molecular complexity index is 1500. The first kappa shape index (κ1) is 25.1. The van der Waals surface area contributed by atoms with Crippen LogP contribution < -0.4 is 15.0 Å². The monoisotopic (exact) mass is 518 g/mol. The van der Waals surface area contributed by atoms with Crippen LogP contribution in [0, 0.1) is 12.8 Å². The summed E-state index contributed by atoms with van der Waals surface area (Å²) in [5, 5.41) is 3.67. The van der Waals surface area contributed by atoms with Crippen LogP contribution in [-0.2, 0) is 10.3 Å². The van der Waals surface area contributed by atoms with Crippen LogP contribution in [0.2, 0.25) is 0 Å². The zero-order chi connectivity index (χ0) is 27.1. The van der Waals surface area contributed by atoms with Gasteiger partial charge in [-0.05, 0) is 62.1 Å². The number of anilines is 3. The predicted octanol–water partition coefficient (Wildman–Crippen LogP) is 8.18. The van der Waals surface area contributed by atoms with Gasteiger partial charge in [-0.15, -0.1) is 0 Å². The van der Waals surface area contributed by atoms with Gasteiger partial charge in [-0.1, -0.05) is 68.4 Å². The fourth-order valence-corrected chi connectivity index (χ4v) is 5.87. The van der Waals surface area contributed by atoms with E-state index in [9.17, 15) is 4.79 Å². The number of benzene rings is 4. The first-order valence-corrected chi connectivity index (χ1v) is 13.8. The molecule has 198 valence electrons. The van der Waals surface area contributed by atoms with Gasteiger partial charge >= 0.3 is 5.97 Å². The molecule has 0 unspecified atom stereocenters. The molecule has 0 aromatic heterocycles. The zero-order valence-electron chi connectivity index (χ0n) is 23.0. The highest BCUT2D eigenvalue weighted by atomic mass is 16.6. The number of para-hydroxylation sites is 3. The Morgan fingerprint density at radius 3 is 2.13 bits per heavy atom. The minimum Gasteiger partial charge on any atom is -0.456 e. The molecular weight excluding hydrogens is 484 g/mol. The standard InChI is InChI=1S/C34H34N2O3/c1-5-36(20-19-22(2)3)27-21-23(4)32(35-24-13-7-6-8-14-24)31-30(27)33(37)39-34(31)25-15-9-11-17-28(25)38-29-18-12-10-16-26(29)34/h6-18,21-22,35H,5,19-20H2,1-4H3. The molecule has 0 saturated carbocycles. The van der Waals surface area contributed by atoms with Crippen molar-refractivity contribution in [3.05, 3.63) is 113 Å². The van der Waals surface area contributed by atoms with Gasteiger partial charge in [0.15, 0.2) is 5.60 Å². The second kappa shape index (κ2) is 9.81. The maximum atomic E-state index is 14.1. The van der Waals surface area contributed by atoms with E-state index in [1.807, 2.05) is 78.9 Å². The number of hydrogen-bond donors (Lipinski definition) is 1. The Kier molecular flexibility index (Phi) is 6.30. The summed E-state index contributed by atoms with van der Waals surface area (Å²) in [6, 6.07) is 28.0. The van der Waals surface area contributed by atoms with Gasteiger partial charge in [-0.25, -0.2) is 4.79 Å². The van der Waals surface area contributed by atoms with E-state index in [0.717, 1.165) is 58.8 Å². The van der Waals surface area contributed by atoms with E-state index in [4.69, 9.17) is 9.47 Å². The van der Waals surface area contributed by atoms with Crippen molar-refractivity contribution in [2.75, 3.05) is 23.3 Å². The molecule has 2 aliphatic heterocycles. The molecule has 6 rings (SSSR count). The van der Waals surface area contributed by atoms with Crippen LogP contribution in [0.15, 0.2) is 84.9 Å². The zero-order valence-corrected chi connectivity index (χ0v) is 23.0. The number of rotatable bonds is 7. The fourth-order valence-electron chi connectivity index (χ4n) is 5.87. The van der Waals surface area contributed by atoms with Crippen molar-refractivity contribution in [2.45, 2.75) is 39.7 Å². The van der Waals surface area contributed by atoms with Crippen LogP contribution >= 0.6 is 0 Å². The van der Waals surface area contributed by atoms with E-state index in [1.165, 1.54) is 0 Å². The van der Waals surface area contributed by atoms with Crippen LogP contribution in [0.3, 0.4) is 0 Å². The molecule has 5 nitrogen and oxygen atoms in total. The quantitative estimate of drug-likeness (QED) is 0.250. The van der Waals surface area contributed by atoms with Crippen molar-refractivity contribution in [2.24, 2.45) is 5.92 Å². The topological polar surface area (TPSA) is 50.8 Å². The molecule has 2 heterocycles. The molecule has 0 amide bonds. The lowest BCUT2D eigenvalue weighted by Crippen LogP contribution is -2.33. The summed E-state index contributed by atoms with van der Waals surface area (Å²) >= 11 is 0. The van der Waals surface area contributed by atoms with Crippen LogP contribution in [-0.4, -0.2) is 19.1 Å². The molecule has 0 aliphatic carbocycles. The summed E-state index contributed by atoms with van der Waals surface area (Å²) in [4.78, 5) is 16.5. The second-order valence-corrected chi connectivity index (χ2v) is 10.8. The molecule has 39 heavy (non-hydrogen) atoms. The molecule has 4 aromatic rings. The number of hydrogen-bond acceptors (Lipinski definition) is 5. The van der Waals surface area contributed by atoms with E-state index in [-0.39, 0.29) is 5.97 Å². The fraction of sp³-hybridized carbons (Fsp3) is 0.265. The second-order valence-electron chi connectivity index (χ2n) is 10.8. The SMILES string of the molecule is CCN(CCC(C)C)c1cc(C)c(Nc2ccccc2)c2c1C(=O)OC21c2ccccc2Oc2ccccc21. The Balaban J connectivity index is 1.68. The summed E-state index contributed by atoms with van der Waals surface area (Å²) in [6.07, 6.45) is 1.03. The predicted molar refractivity (Wildman–Crippen MR) is 157 cm³/mol. The third-order valence-electron chi connectivity index (χ3n) is 7.80. The normalized spacial score (nSPS) is 14.3. The number of nitrogens with one attached hydrogen (secondary N) is 1. The van der Waals surface area contributed by atoms with Crippen molar-refractivity contribution in [1.29, 1.82) is 0 Å². The lowest BCUT2D eigenvalue weighted by molar-refractivity contribution is 0.0226. The summed E-state index contributed by atoms with van der Waals surface area (Å²) in [7, 11) is 0. The molecule has 1 N–H and O–H groups in total. The number of carbonyl (C=O) groups is 1. The van der Waals surface area contributed by atoms with Crippen molar-refractivity contribution in [1.82, 2.24) is 0 Å². The Labute approximate surface area is 230 Å². The van der Waals surface area contributed by atoms with Gasteiger partial charge in [-0.2, -0.15) is 0 Å². The van der Waals surface area contributed by atoms with Crippen molar-refractivity contribution in [3.63, 3.8) is 0 Å². The van der Waals surface area contributed by atoms with E-state index >= 15 is 0 Å². The minimum atomic E-state index is -1.15. The molecule has 0 atom stereocenters. The maximum absolute atomic E-state index is 14.1. The third kappa shape index (κ3) is 4.04. The van der Waals surface area contributed by atoms with E-state index in [0.29, 0.717) is 23.0 Å². The first-order valence-electron chi connectivity index (χ1n) is 13.8. The highest BCUT2D eigenvalue weighted by Crippen LogP contribution is 2.59. The summed E-state index contributed by atoms with van der Waals surface area (Å²) in [5.41, 5.74) is 5.79. The van der Waals surface area contributed by atoms with Gasteiger partial charge in [0.05, 0.1) is 16.9 Å². The lowest BCUT2D eigenvalue weighted by Gasteiger charge is -2.37. The average Bonchev–Trinajstić information content (AvgIpc) is 3.24.